The predicted octanol–water partition coefficient (Wildman–Crippen LogP) is 3.08. The van der Waals surface area contributed by atoms with E-state index in [-0.39, 0.29) is 11.5 Å². The Morgan fingerprint density at radius 2 is 2.00 bits per heavy atom. The number of benzene rings is 1. The zero-order valence-corrected chi connectivity index (χ0v) is 19.1. The normalized spacial score (nSPS) is 11.0. The van der Waals surface area contributed by atoms with Crippen molar-refractivity contribution >= 4 is 39.4 Å². The highest BCUT2D eigenvalue weighted by atomic mass is 32.2. The number of thioether (sulfide) groups is 1. The first kappa shape index (κ1) is 22.9. The molecule has 0 aromatic heterocycles. The van der Waals surface area contributed by atoms with Crippen LogP contribution in [0.5, 0.6) is 0 Å². The van der Waals surface area contributed by atoms with Crippen LogP contribution in [-0.2, 0) is 18.3 Å². The molecule has 0 fully saturated rings. The van der Waals surface area contributed by atoms with Crippen LogP contribution in [0.4, 0.5) is 0 Å². The summed E-state index contributed by atoms with van der Waals surface area (Å²) in [6.45, 7) is 2.80. The van der Waals surface area contributed by atoms with E-state index in [2.05, 4.69) is 16.0 Å². The zero-order valence-electron chi connectivity index (χ0n) is 17.5. The molecule has 162 valence electrons. The number of aryl methyl sites for hydroxylation is 1. The molecule has 0 spiro atoms. The summed E-state index contributed by atoms with van der Waals surface area (Å²) in [6.07, 6.45) is 3.56. The van der Waals surface area contributed by atoms with Crippen LogP contribution in [0, 0.1) is 11.3 Å². The first-order valence-electron chi connectivity index (χ1n) is 10.1. The fraction of sp³-hybridized carbons (Fsp3) is 0.429. The van der Waals surface area contributed by atoms with Gasteiger partial charge in [-0.1, -0.05) is 24.6 Å². The van der Waals surface area contributed by atoms with Gasteiger partial charge in [-0.3, -0.25) is 9.36 Å². The third-order valence-electron chi connectivity index (χ3n) is 4.87. The van der Waals surface area contributed by atoms with Gasteiger partial charge in [0.1, 0.15) is 0 Å². The Morgan fingerprint density at radius 3 is 2.74 bits per heavy atom. The van der Waals surface area contributed by atoms with Crippen LogP contribution in [0.2, 0.25) is 0 Å². The summed E-state index contributed by atoms with van der Waals surface area (Å²) in [5, 5.41) is 9.11. The summed E-state index contributed by atoms with van der Waals surface area (Å²) in [4.78, 5) is 34.0. The molecular formula is C21H23N5O3S2. The molecular weight excluding hydrogens is 434 g/mol. The summed E-state index contributed by atoms with van der Waals surface area (Å²) >= 11 is 6.61. The smallest absolute Gasteiger partial charge is 0.352 e. The fourth-order valence-corrected chi connectivity index (χ4v) is 4.36. The van der Waals surface area contributed by atoms with Gasteiger partial charge in [0.15, 0.2) is 11.5 Å². The highest BCUT2D eigenvalue weighted by molar-refractivity contribution is 8.22. The highest BCUT2D eigenvalue weighted by Crippen LogP contribution is 2.20. The van der Waals surface area contributed by atoms with Crippen molar-refractivity contribution < 1.29 is 4.74 Å². The molecule has 0 saturated carbocycles. The molecule has 0 bridgehead atoms. The standard InChI is InChI=1S/C21H23N5O3S2/c1-3-29-21(30)31-11-7-5-4-6-10-26-19(27)17-18(24-20(26)28)25(2)16-12-14(13-22)8-9-15(16)23-17/h8-9,12H,3-7,10-11H2,1-2H3. The van der Waals surface area contributed by atoms with Crippen LogP contribution in [0.25, 0.3) is 22.6 Å². The number of thiocarbonyl (C=S) groups is 1. The van der Waals surface area contributed by atoms with E-state index in [1.165, 1.54) is 11.8 Å². The molecule has 0 saturated heterocycles. The van der Waals surface area contributed by atoms with E-state index in [1.54, 1.807) is 29.8 Å². The average molecular weight is 458 g/mol. The molecule has 0 aliphatic carbocycles. The minimum Gasteiger partial charge on any atom is -0.479 e. The molecule has 3 rings (SSSR count). The number of ether oxygens (including phenoxy) is 1. The van der Waals surface area contributed by atoms with Gasteiger partial charge in [0.25, 0.3) is 5.56 Å². The largest absolute Gasteiger partial charge is 0.479 e. The second-order valence-electron chi connectivity index (χ2n) is 6.96. The number of nitriles is 1. The van der Waals surface area contributed by atoms with Crippen LogP contribution in [0.1, 0.15) is 38.2 Å². The van der Waals surface area contributed by atoms with E-state index in [9.17, 15) is 9.59 Å². The third-order valence-corrected chi connectivity index (χ3v) is 6.18. The lowest BCUT2D eigenvalue weighted by atomic mass is 10.2. The minimum atomic E-state index is -0.580. The van der Waals surface area contributed by atoms with Crippen LogP contribution >= 0.6 is 24.0 Å². The Balaban J connectivity index is 1.71. The van der Waals surface area contributed by atoms with Gasteiger partial charge < -0.3 is 9.30 Å². The zero-order chi connectivity index (χ0) is 22.4. The van der Waals surface area contributed by atoms with Gasteiger partial charge >= 0.3 is 5.69 Å². The molecule has 0 amide bonds. The van der Waals surface area contributed by atoms with Crippen molar-refractivity contribution in [1.29, 1.82) is 5.26 Å². The average Bonchev–Trinajstić information content (AvgIpc) is 2.76. The monoisotopic (exact) mass is 457 g/mol. The third kappa shape index (κ3) is 5.29. The lowest BCUT2D eigenvalue weighted by Crippen LogP contribution is -2.38. The van der Waals surface area contributed by atoms with Crippen LogP contribution in [-0.4, -0.2) is 35.8 Å². The van der Waals surface area contributed by atoms with E-state index in [4.69, 9.17) is 22.2 Å². The first-order chi connectivity index (χ1) is 15.0. The van der Waals surface area contributed by atoms with Gasteiger partial charge in [-0.15, -0.1) is 0 Å². The second kappa shape index (κ2) is 10.5. The SMILES string of the molecule is CCOC(=S)SCCCCCCn1c(=O)nc2n(C)c3cc(C#N)ccc3nc-2c1=O. The number of nitrogens with zero attached hydrogens (tertiary/aromatic N) is 5. The number of unbranched alkanes of at least 4 members (excludes halogenated alkanes) is 3. The Hall–Kier alpha value is -2.77. The topological polar surface area (TPSA) is 103 Å². The van der Waals surface area contributed by atoms with Crippen molar-refractivity contribution in [3.05, 3.63) is 44.6 Å². The summed E-state index contributed by atoms with van der Waals surface area (Å²) in [5.41, 5.74) is 0.814. The Morgan fingerprint density at radius 1 is 1.23 bits per heavy atom. The van der Waals surface area contributed by atoms with Gasteiger partial charge in [-0.05, 0) is 50.2 Å². The summed E-state index contributed by atoms with van der Waals surface area (Å²) in [5.74, 6) is 1.11. The van der Waals surface area contributed by atoms with Crippen LogP contribution in [0.3, 0.4) is 0 Å². The second-order valence-corrected chi connectivity index (χ2v) is 8.65. The highest BCUT2D eigenvalue weighted by Gasteiger charge is 2.20. The van der Waals surface area contributed by atoms with Crippen molar-refractivity contribution in [3.8, 4) is 17.6 Å². The van der Waals surface area contributed by atoms with Gasteiger partial charge in [0.05, 0.1) is 29.3 Å². The van der Waals surface area contributed by atoms with Gasteiger partial charge in [-0.25, -0.2) is 9.78 Å². The Kier molecular flexibility index (Phi) is 7.76. The maximum absolute atomic E-state index is 12.9. The van der Waals surface area contributed by atoms with Crippen molar-refractivity contribution in [3.63, 3.8) is 0 Å². The summed E-state index contributed by atoms with van der Waals surface area (Å²) in [6, 6.07) is 7.08. The van der Waals surface area contributed by atoms with Crippen molar-refractivity contribution in [2.75, 3.05) is 12.4 Å². The maximum Gasteiger partial charge on any atom is 0.352 e. The molecule has 1 aromatic carbocycles. The quantitative estimate of drug-likeness (QED) is 0.289. The van der Waals surface area contributed by atoms with Gasteiger partial charge in [0, 0.05) is 19.3 Å². The molecule has 1 aromatic rings. The fourth-order valence-electron chi connectivity index (χ4n) is 3.27. The number of rotatable bonds is 8. The molecule has 0 N–H and O–H groups in total. The summed E-state index contributed by atoms with van der Waals surface area (Å²) < 4.78 is 8.59. The van der Waals surface area contributed by atoms with Gasteiger partial charge in [0.2, 0.25) is 4.38 Å². The van der Waals surface area contributed by atoms with E-state index in [0.29, 0.717) is 40.6 Å². The molecule has 8 nitrogen and oxygen atoms in total. The lowest BCUT2D eigenvalue weighted by molar-refractivity contribution is 0.346. The molecule has 0 atom stereocenters. The molecule has 31 heavy (non-hydrogen) atoms. The number of hydrogen-bond donors (Lipinski definition) is 0. The van der Waals surface area contributed by atoms with E-state index >= 15 is 0 Å². The Labute approximate surface area is 189 Å². The van der Waals surface area contributed by atoms with Crippen molar-refractivity contribution in [1.82, 2.24) is 19.1 Å². The molecule has 2 aliphatic rings. The van der Waals surface area contributed by atoms with Crippen LogP contribution in [0.15, 0.2) is 27.8 Å². The van der Waals surface area contributed by atoms with E-state index < -0.39 is 11.2 Å². The number of aromatic nitrogens is 4. The molecule has 0 radical (unpaired) electrons. The number of hydrogen-bond acceptors (Lipinski definition) is 8. The summed E-state index contributed by atoms with van der Waals surface area (Å²) in [7, 11) is 1.71. The molecule has 2 aliphatic heterocycles. The lowest BCUT2D eigenvalue weighted by Gasteiger charge is -2.14. The predicted molar refractivity (Wildman–Crippen MR) is 126 cm³/mol. The van der Waals surface area contributed by atoms with E-state index in [0.717, 1.165) is 29.6 Å². The van der Waals surface area contributed by atoms with Crippen molar-refractivity contribution in [2.24, 2.45) is 7.05 Å². The molecule has 0 unspecified atom stereocenters. The molecule has 10 heteroatoms. The van der Waals surface area contributed by atoms with Crippen molar-refractivity contribution in [2.45, 2.75) is 39.2 Å². The van der Waals surface area contributed by atoms with Gasteiger partial charge in [-0.2, -0.15) is 10.2 Å². The molecule has 2 heterocycles. The van der Waals surface area contributed by atoms with Crippen LogP contribution < -0.4 is 11.2 Å². The number of fused-ring (bicyclic) bond motifs is 2. The van der Waals surface area contributed by atoms with E-state index in [1.807, 2.05) is 6.92 Å². The first-order valence-corrected chi connectivity index (χ1v) is 11.5. The minimum absolute atomic E-state index is 0.153. The maximum atomic E-state index is 12.9. The Bertz CT molecular complexity index is 1230.